The lowest BCUT2D eigenvalue weighted by atomic mass is 9.87. The van der Waals surface area contributed by atoms with Crippen LogP contribution in [0.2, 0.25) is 0 Å². The maximum absolute atomic E-state index is 12.7. The predicted octanol–water partition coefficient (Wildman–Crippen LogP) is 2.74. The highest BCUT2D eigenvalue weighted by Crippen LogP contribution is 2.33. The number of rotatable bonds is 5. The number of fused-ring (bicyclic) bond motifs is 1. The highest BCUT2D eigenvalue weighted by molar-refractivity contribution is 7.91. The number of hydrogen-bond donors (Lipinski definition) is 0. The number of sulfone groups is 1. The van der Waals surface area contributed by atoms with Crippen LogP contribution in [0.3, 0.4) is 0 Å². The molecule has 1 aliphatic rings. The second kappa shape index (κ2) is 7.23. The topological polar surface area (TPSA) is 80.5 Å². The van der Waals surface area contributed by atoms with Crippen LogP contribution < -0.4 is 0 Å². The van der Waals surface area contributed by atoms with E-state index in [0.717, 1.165) is 24.8 Å². The van der Waals surface area contributed by atoms with E-state index in [1.54, 1.807) is 25.8 Å². The van der Waals surface area contributed by atoms with Crippen molar-refractivity contribution < 1.29 is 17.7 Å². The third-order valence-corrected chi connectivity index (χ3v) is 6.50. The molecule has 26 heavy (non-hydrogen) atoms. The van der Waals surface area contributed by atoms with Gasteiger partial charge >= 0.3 is 0 Å². The number of carbonyl (C=O) groups excluding carboxylic acids is 1. The summed E-state index contributed by atoms with van der Waals surface area (Å²) in [7, 11) is -1.91. The van der Waals surface area contributed by atoms with Gasteiger partial charge in [0.15, 0.2) is 9.84 Å². The summed E-state index contributed by atoms with van der Waals surface area (Å²) in [4.78, 5) is 14.3. The van der Waals surface area contributed by atoms with Gasteiger partial charge in [0.1, 0.15) is 11.5 Å². The lowest BCUT2D eigenvalue weighted by molar-refractivity contribution is -0.129. The van der Waals surface area contributed by atoms with Crippen molar-refractivity contribution in [3.05, 3.63) is 52.4 Å². The fraction of sp³-hybridized carbons (Fsp3) is 0.474. The van der Waals surface area contributed by atoms with Crippen LogP contribution in [0.25, 0.3) is 0 Å². The fourth-order valence-corrected chi connectivity index (χ4v) is 5.11. The molecule has 140 valence electrons. The van der Waals surface area contributed by atoms with E-state index in [4.69, 9.17) is 4.52 Å². The molecule has 0 radical (unpaired) electrons. The Bertz CT molecular complexity index is 898. The molecule has 6 nitrogen and oxygen atoms in total. The molecule has 1 aliphatic carbocycles. The Hall–Kier alpha value is -2.15. The van der Waals surface area contributed by atoms with E-state index in [2.05, 4.69) is 11.2 Å². The van der Waals surface area contributed by atoms with Crippen molar-refractivity contribution in [1.82, 2.24) is 10.1 Å². The van der Waals surface area contributed by atoms with E-state index < -0.39 is 15.6 Å². The average Bonchev–Trinajstić information content (AvgIpc) is 2.91. The third-order valence-electron chi connectivity index (χ3n) is 5.09. The Kier molecular flexibility index (Phi) is 5.18. The van der Waals surface area contributed by atoms with Crippen LogP contribution >= 0.6 is 0 Å². The average molecular weight is 376 g/mol. The van der Waals surface area contributed by atoms with Gasteiger partial charge in [-0.3, -0.25) is 4.79 Å². The summed E-state index contributed by atoms with van der Waals surface area (Å²) in [6.45, 7) is 3.38. The van der Waals surface area contributed by atoms with E-state index in [1.165, 1.54) is 5.56 Å². The highest BCUT2D eigenvalue weighted by atomic mass is 32.2. The zero-order valence-corrected chi connectivity index (χ0v) is 16.2. The van der Waals surface area contributed by atoms with Crippen LogP contribution in [0.15, 0.2) is 28.8 Å². The number of hydrogen-bond acceptors (Lipinski definition) is 5. The first kappa shape index (κ1) is 18.6. The summed E-state index contributed by atoms with van der Waals surface area (Å²) >= 11 is 0. The van der Waals surface area contributed by atoms with Gasteiger partial charge < -0.3 is 9.42 Å². The van der Waals surface area contributed by atoms with Crippen LogP contribution in [0.5, 0.6) is 0 Å². The maximum Gasteiger partial charge on any atom is 0.238 e. The van der Waals surface area contributed by atoms with Crippen molar-refractivity contribution in [3.63, 3.8) is 0 Å². The molecule has 3 rings (SSSR count). The minimum Gasteiger partial charge on any atom is -0.361 e. The second-order valence-electron chi connectivity index (χ2n) is 6.95. The van der Waals surface area contributed by atoms with Crippen molar-refractivity contribution in [3.8, 4) is 0 Å². The molecule has 1 aromatic carbocycles. The number of aryl methyl sites for hydroxylation is 3. The molecule has 7 heteroatoms. The van der Waals surface area contributed by atoms with Gasteiger partial charge in [0.05, 0.1) is 17.5 Å². The summed E-state index contributed by atoms with van der Waals surface area (Å²) in [5.74, 6) is -0.632. The zero-order valence-electron chi connectivity index (χ0n) is 15.4. The van der Waals surface area contributed by atoms with Crippen LogP contribution in [-0.4, -0.2) is 37.2 Å². The van der Waals surface area contributed by atoms with E-state index >= 15 is 0 Å². The molecule has 0 aliphatic heterocycles. The molecule has 0 spiro atoms. The van der Waals surface area contributed by atoms with E-state index in [-0.39, 0.29) is 17.7 Å². The summed E-state index contributed by atoms with van der Waals surface area (Å²) in [6.07, 6.45) is 2.84. The molecule has 1 heterocycles. The van der Waals surface area contributed by atoms with Crippen molar-refractivity contribution in [2.24, 2.45) is 0 Å². The van der Waals surface area contributed by atoms with Gasteiger partial charge in [-0.25, -0.2) is 8.42 Å². The molecule has 0 fully saturated rings. The molecule has 1 atom stereocenters. The minimum atomic E-state index is -3.60. The van der Waals surface area contributed by atoms with Crippen molar-refractivity contribution in [1.29, 1.82) is 0 Å². The lowest BCUT2D eigenvalue weighted by Crippen LogP contribution is -2.37. The zero-order chi connectivity index (χ0) is 18.9. The summed E-state index contributed by atoms with van der Waals surface area (Å²) in [5.41, 5.74) is 3.45. The highest BCUT2D eigenvalue weighted by Gasteiger charge is 2.29. The summed E-state index contributed by atoms with van der Waals surface area (Å²) in [6, 6.07) is 8.00. The van der Waals surface area contributed by atoms with Crippen LogP contribution in [0.1, 0.15) is 47.0 Å². The van der Waals surface area contributed by atoms with Gasteiger partial charge in [-0.05, 0) is 44.2 Å². The first-order valence-corrected chi connectivity index (χ1v) is 10.6. The van der Waals surface area contributed by atoms with Gasteiger partial charge in [0, 0.05) is 12.6 Å². The van der Waals surface area contributed by atoms with Gasteiger partial charge in [0.25, 0.3) is 0 Å². The predicted molar refractivity (Wildman–Crippen MR) is 98.4 cm³/mol. The Labute approximate surface area is 154 Å². The van der Waals surface area contributed by atoms with Gasteiger partial charge in [-0.1, -0.05) is 29.4 Å². The van der Waals surface area contributed by atoms with Crippen molar-refractivity contribution >= 4 is 15.7 Å². The van der Waals surface area contributed by atoms with Gasteiger partial charge in [0.2, 0.25) is 5.91 Å². The molecule has 1 aromatic heterocycles. The monoisotopic (exact) mass is 376 g/mol. The Balaban J connectivity index is 1.74. The number of amides is 1. The van der Waals surface area contributed by atoms with Crippen LogP contribution in [0, 0.1) is 13.8 Å². The molecular formula is C19H24N2O4S. The van der Waals surface area contributed by atoms with Crippen LogP contribution in [-0.2, 0) is 26.8 Å². The molecule has 0 bridgehead atoms. The van der Waals surface area contributed by atoms with Crippen molar-refractivity contribution in [2.45, 2.75) is 44.9 Å². The molecule has 0 unspecified atom stereocenters. The lowest BCUT2D eigenvalue weighted by Gasteiger charge is -2.33. The molecular weight excluding hydrogens is 352 g/mol. The first-order chi connectivity index (χ1) is 12.3. The number of carbonyl (C=O) groups is 1. The van der Waals surface area contributed by atoms with E-state index in [9.17, 15) is 13.2 Å². The van der Waals surface area contributed by atoms with E-state index in [1.807, 2.05) is 18.2 Å². The number of aromatic nitrogens is 1. The van der Waals surface area contributed by atoms with Crippen LogP contribution in [0.4, 0.5) is 0 Å². The number of benzene rings is 1. The maximum atomic E-state index is 12.7. The quantitative estimate of drug-likeness (QED) is 0.801. The van der Waals surface area contributed by atoms with E-state index in [0.29, 0.717) is 17.0 Å². The smallest absolute Gasteiger partial charge is 0.238 e. The SMILES string of the molecule is Cc1noc(C)c1CS(=O)(=O)CC(=O)N(C)[C@H]1CCCc2ccccc21. The summed E-state index contributed by atoms with van der Waals surface area (Å²) in [5, 5.41) is 3.78. The second-order valence-corrected chi connectivity index (χ2v) is 9.01. The normalized spacial score (nSPS) is 17.0. The molecule has 0 saturated heterocycles. The van der Waals surface area contributed by atoms with Gasteiger partial charge in [-0.15, -0.1) is 0 Å². The molecule has 2 aromatic rings. The minimum absolute atomic E-state index is 0.0679. The third kappa shape index (κ3) is 3.82. The fourth-order valence-electron chi connectivity index (χ4n) is 3.57. The standard InChI is InChI=1S/C19H24N2O4S/c1-13-17(14(2)25-20-13)11-26(23,24)12-19(22)21(3)18-10-6-8-15-7-4-5-9-16(15)18/h4-5,7,9,18H,6,8,10-12H2,1-3H3/t18-/m0/s1. The molecule has 0 saturated carbocycles. The largest absolute Gasteiger partial charge is 0.361 e. The Morgan fingerprint density at radius 2 is 2.04 bits per heavy atom. The summed E-state index contributed by atoms with van der Waals surface area (Å²) < 4.78 is 30.1. The Morgan fingerprint density at radius 3 is 2.73 bits per heavy atom. The number of nitrogens with zero attached hydrogens (tertiary/aromatic N) is 2. The van der Waals surface area contributed by atoms with Crippen molar-refractivity contribution in [2.75, 3.05) is 12.8 Å². The first-order valence-electron chi connectivity index (χ1n) is 8.74. The molecule has 1 amide bonds. The Morgan fingerprint density at radius 1 is 1.31 bits per heavy atom. The van der Waals surface area contributed by atoms with Gasteiger partial charge in [-0.2, -0.15) is 0 Å². The molecule has 0 N–H and O–H groups in total.